The minimum atomic E-state index is 0.107. The predicted molar refractivity (Wildman–Crippen MR) is 126 cm³/mol. The number of nitrogens with one attached hydrogen (secondary N) is 1. The summed E-state index contributed by atoms with van der Waals surface area (Å²) in [4.78, 5) is 16.6. The minimum Gasteiger partial charge on any atom is -0.356 e. The number of benzene rings is 2. The standard InChI is InChI=1S/C24H27N5OS/c1-3-13-25-21(30)12-7-14-31-24-26-23-22(27-28-24)19-10-4-5-11-20(19)29(23)16-18-9-6-8-17(2)15-18/h4-6,8-11,15H,3,7,12-14,16H2,1-2H3,(H,25,30). The lowest BCUT2D eigenvalue weighted by atomic mass is 10.1. The van der Waals surface area contributed by atoms with Crippen LogP contribution in [0, 0.1) is 6.92 Å². The highest BCUT2D eigenvalue weighted by Gasteiger charge is 2.15. The van der Waals surface area contributed by atoms with Gasteiger partial charge in [0.05, 0.1) is 5.52 Å². The highest BCUT2D eigenvalue weighted by molar-refractivity contribution is 7.99. The Morgan fingerprint density at radius 3 is 2.84 bits per heavy atom. The predicted octanol–water partition coefficient (Wildman–Crippen LogP) is 4.73. The van der Waals surface area contributed by atoms with Crippen LogP contribution in [-0.2, 0) is 11.3 Å². The molecule has 0 unspecified atom stereocenters. The van der Waals surface area contributed by atoms with E-state index in [4.69, 9.17) is 4.98 Å². The summed E-state index contributed by atoms with van der Waals surface area (Å²) in [5.74, 6) is 0.889. The summed E-state index contributed by atoms with van der Waals surface area (Å²) in [7, 11) is 0. The van der Waals surface area contributed by atoms with E-state index in [-0.39, 0.29) is 5.91 Å². The number of hydrogen-bond acceptors (Lipinski definition) is 5. The first-order valence-electron chi connectivity index (χ1n) is 10.7. The SMILES string of the molecule is CCCNC(=O)CCCSc1nnc2c3ccccc3n(Cc3cccc(C)c3)c2n1. The number of thioether (sulfide) groups is 1. The molecule has 1 amide bonds. The van der Waals surface area contributed by atoms with Gasteiger partial charge in [-0.2, -0.15) is 0 Å². The zero-order valence-electron chi connectivity index (χ0n) is 18.0. The van der Waals surface area contributed by atoms with E-state index in [1.165, 1.54) is 11.1 Å². The fraction of sp³-hybridized carbons (Fsp3) is 0.333. The lowest BCUT2D eigenvalue weighted by molar-refractivity contribution is -0.121. The normalized spacial score (nSPS) is 11.3. The maximum atomic E-state index is 11.8. The number of para-hydroxylation sites is 1. The molecule has 6 nitrogen and oxygen atoms in total. The third kappa shape index (κ3) is 5.05. The summed E-state index contributed by atoms with van der Waals surface area (Å²) in [6, 6.07) is 16.8. The Morgan fingerprint density at radius 2 is 2.00 bits per heavy atom. The van der Waals surface area contributed by atoms with Gasteiger partial charge >= 0.3 is 0 Å². The number of carbonyl (C=O) groups is 1. The Hall–Kier alpha value is -2.93. The first-order valence-corrected chi connectivity index (χ1v) is 11.7. The molecule has 7 heteroatoms. The van der Waals surface area contributed by atoms with Crippen molar-refractivity contribution < 1.29 is 4.79 Å². The average Bonchev–Trinajstić information content (AvgIpc) is 3.08. The second kappa shape index (κ2) is 9.92. The maximum Gasteiger partial charge on any atom is 0.220 e. The summed E-state index contributed by atoms with van der Waals surface area (Å²) in [6.07, 6.45) is 2.26. The molecular weight excluding hydrogens is 406 g/mol. The van der Waals surface area contributed by atoms with Crippen molar-refractivity contribution in [1.29, 1.82) is 0 Å². The van der Waals surface area contributed by atoms with Crippen LogP contribution in [0.2, 0.25) is 0 Å². The molecular formula is C24H27N5OS. The van der Waals surface area contributed by atoms with E-state index in [0.717, 1.165) is 53.8 Å². The van der Waals surface area contributed by atoms with Crippen molar-refractivity contribution in [2.24, 2.45) is 0 Å². The molecule has 1 N–H and O–H groups in total. The molecule has 0 bridgehead atoms. The van der Waals surface area contributed by atoms with Gasteiger partial charge in [-0.3, -0.25) is 4.79 Å². The molecule has 0 aliphatic heterocycles. The van der Waals surface area contributed by atoms with Gasteiger partial charge in [-0.1, -0.05) is 66.7 Å². The molecule has 0 saturated carbocycles. The number of aromatic nitrogens is 4. The van der Waals surface area contributed by atoms with Crippen LogP contribution in [-0.4, -0.2) is 38.0 Å². The number of hydrogen-bond donors (Lipinski definition) is 1. The third-order valence-corrected chi connectivity index (χ3v) is 6.05. The second-order valence-electron chi connectivity index (χ2n) is 7.66. The Morgan fingerprint density at radius 1 is 1.13 bits per heavy atom. The second-order valence-corrected chi connectivity index (χ2v) is 8.72. The molecule has 2 aromatic heterocycles. The average molecular weight is 434 g/mol. The van der Waals surface area contributed by atoms with Gasteiger partial charge in [-0.15, -0.1) is 10.2 Å². The molecule has 0 saturated heterocycles. The molecule has 31 heavy (non-hydrogen) atoms. The van der Waals surface area contributed by atoms with Crippen LogP contribution in [0.15, 0.2) is 53.7 Å². The number of nitrogens with zero attached hydrogens (tertiary/aromatic N) is 4. The Kier molecular flexibility index (Phi) is 6.82. The molecule has 0 radical (unpaired) electrons. The van der Waals surface area contributed by atoms with Crippen molar-refractivity contribution in [3.8, 4) is 0 Å². The molecule has 0 aliphatic carbocycles. The first-order chi connectivity index (χ1) is 15.2. The fourth-order valence-electron chi connectivity index (χ4n) is 3.65. The highest BCUT2D eigenvalue weighted by atomic mass is 32.2. The Balaban J connectivity index is 1.56. The summed E-state index contributed by atoms with van der Waals surface area (Å²) in [5.41, 5.74) is 5.25. The van der Waals surface area contributed by atoms with E-state index in [1.54, 1.807) is 11.8 Å². The molecule has 0 fully saturated rings. The number of aryl methyl sites for hydroxylation is 1. The van der Waals surface area contributed by atoms with E-state index in [2.05, 4.69) is 70.3 Å². The molecule has 4 aromatic rings. The Labute approximate surface area is 186 Å². The summed E-state index contributed by atoms with van der Waals surface area (Å²) in [5, 5.41) is 13.5. The number of carbonyl (C=O) groups excluding carboxylic acids is 1. The summed E-state index contributed by atoms with van der Waals surface area (Å²) in [6.45, 7) is 5.62. The molecule has 4 rings (SSSR count). The third-order valence-electron chi connectivity index (χ3n) is 5.13. The van der Waals surface area contributed by atoms with Gasteiger partial charge in [0.15, 0.2) is 5.65 Å². The van der Waals surface area contributed by atoms with E-state index >= 15 is 0 Å². The van der Waals surface area contributed by atoms with Crippen molar-refractivity contribution in [1.82, 2.24) is 25.1 Å². The molecule has 2 heterocycles. The number of fused-ring (bicyclic) bond motifs is 3. The van der Waals surface area contributed by atoms with E-state index < -0.39 is 0 Å². The summed E-state index contributed by atoms with van der Waals surface area (Å²) >= 11 is 1.55. The highest BCUT2D eigenvalue weighted by Crippen LogP contribution is 2.28. The van der Waals surface area contributed by atoms with Crippen molar-refractivity contribution in [2.75, 3.05) is 12.3 Å². The number of amides is 1. The lowest BCUT2D eigenvalue weighted by Crippen LogP contribution is -2.23. The van der Waals surface area contributed by atoms with E-state index in [1.807, 2.05) is 12.1 Å². The quantitative estimate of drug-likeness (QED) is 0.305. The van der Waals surface area contributed by atoms with Gasteiger partial charge in [0.1, 0.15) is 5.52 Å². The molecule has 2 aromatic carbocycles. The van der Waals surface area contributed by atoms with Crippen LogP contribution in [0.25, 0.3) is 22.1 Å². The number of rotatable bonds is 9. The van der Waals surface area contributed by atoms with Crippen molar-refractivity contribution >= 4 is 39.7 Å². The van der Waals surface area contributed by atoms with Crippen LogP contribution in [0.3, 0.4) is 0 Å². The van der Waals surface area contributed by atoms with Crippen molar-refractivity contribution in [3.05, 3.63) is 59.7 Å². The van der Waals surface area contributed by atoms with Crippen LogP contribution >= 0.6 is 11.8 Å². The van der Waals surface area contributed by atoms with Gasteiger partial charge in [0, 0.05) is 30.6 Å². The molecule has 0 spiro atoms. The van der Waals surface area contributed by atoms with Crippen LogP contribution in [0.5, 0.6) is 0 Å². The van der Waals surface area contributed by atoms with Gasteiger partial charge in [0.2, 0.25) is 11.1 Å². The van der Waals surface area contributed by atoms with Crippen molar-refractivity contribution in [2.45, 2.75) is 44.8 Å². The smallest absolute Gasteiger partial charge is 0.220 e. The lowest BCUT2D eigenvalue weighted by Gasteiger charge is -2.08. The van der Waals surface area contributed by atoms with Crippen molar-refractivity contribution in [3.63, 3.8) is 0 Å². The summed E-state index contributed by atoms with van der Waals surface area (Å²) < 4.78 is 2.22. The zero-order valence-corrected chi connectivity index (χ0v) is 18.8. The van der Waals surface area contributed by atoms with Gasteiger partial charge < -0.3 is 9.88 Å². The molecule has 160 valence electrons. The topological polar surface area (TPSA) is 72.7 Å². The minimum absolute atomic E-state index is 0.107. The molecule has 0 aliphatic rings. The van der Waals surface area contributed by atoms with E-state index in [9.17, 15) is 4.79 Å². The van der Waals surface area contributed by atoms with Crippen LogP contribution < -0.4 is 5.32 Å². The Bertz CT molecular complexity index is 1200. The zero-order chi connectivity index (χ0) is 21.6. The van der Waals surface area contributed by atoms with Gasteiger partial charge in [-0.25, -0.2) is 4.98 Å². The van der Waals surface area contributed by atoms with Crippen LogP contribution in [0.4, 0.5) is 0 Å². The molecule has 0 atom stereocenters. The van der Waals surface area contributed by atoms with Gasteiger partial charge in [0.25, 0.3) is 0 Å². The maximum absolute atomic E-state index is 11.8. The first kappa shape index (κ1) is 21.3. The largest absolute Gasteiger partial charge is 0.356 e. The fourth-order valence-corrected chi connectivity index (χ4v) is 4.37. The van der Waals surface area contributed by atoms with E-state index in [0.29, 0.717) is 11.6 Å². The van der Waals surface area contributed by atoms with Crippen LogP contribution in [0.1, 0.15) is 37.3 Å². The monoisotopic (exact) mass is 433 g/mol. The van der Waals surface area contributed by atoms with Gasteiger partial charge in [-0.05, 0) is 31.4 Å².